The van der Waals surface area contributed by atoms with Gasteiger partial charge in [0.05, 0.1) is 14.5 Å². The minimum atomic E-state index is -0.977. The molecule has 0 radical (unpaired) electrons. The largest absolute Gasteiger partial charge is 0.478 e. The molecule has 0 saturated carbocycles. The van der Waals surface area contributed by atoms with Gasteiger partial charge in [0.2, 0.25) is 0 Å². The Morgan fingerprint density at radius 1 is 1.48 bits per heavy atom. The van der Waals surface area contributed by atoms with Gasteiger partial charge < -0.3 is 10.0 Å². The molecule has 1 N–H and O–H groups in total. The lowest BCUT2D eigenvalue weighted by Crippen LogP contribution is -2.16. The van der Waals surface area contributed by atoms with E-state index in [4.69, 9.17) is 16.7 Å². The Balaban J connectivity index is 2.14. The fraction of sp³-hybridized carbons (Fsp3) is 0.133. The van der Waals surface area contributed by atoms with Crippen LogP contribution in [0.2, 0.25) is 5.02 Å². The van der Waals surface area contributed by atoms with Crippen molar-refractivity contribution in [3.05, 3.63) is 55.7 Å². The number of carboxylic acids is 1. The maximum atomic E-state index is 10.5. The minimum Gasteiger partial charge on any atom is -0.478 e. The van der Waals surface area contributed by atoms with E-state index in [1.54, 1.807) is 17.4 Å². The van der Waals surface area contributed by atoms with Gasteiger partial charge in [-0.05, 0) is 56.7 Å². The summed E-state index contributed by atoms with van der Waals surface area (Å²) in [5, 5.41) is 11.3. The van der Waals surface area contributed by atoms with Crippen molar-refractivity contribution in [2.45, 2.75) is 6.54 Å². The molecular formula is C15H13BrClNO2S. The molecule has 0 bridgehead atoms. The first-order valence-electron chi connectivity index (χ1n) is 6.10. The first-order chi connectivity index (χ1) is 9.95. The zero-order valence-electron chi connectivity index (χ0n) is 11.2. The SMILES string of the molecule is CN(Cc1csc(Br)c1)c1ccc(/C=C/C(=O)O)cc1Cl. The van der Waals surface area contributed by atoms with Crippen LogP contribution in [0.4, 0.5) is 5.69 Å². The minimum absolute atomic E-state index is 0.597. The van der Waals surface area contributed by atoms with Crippen molar-refractivity contribution in [1.29, 1.82) is 0 Å². The van der Waals surface area contributed by atoms with E-state index in [1.807, 2.05) is 19.2 Å². The summed E-state index contributed by atoms with van der Waals surface area (Å²) in [6.45, 7) is 0.756. The average molecular weight is 387 g/mol. The summed E-state index contributed by atoms with van der Waals surface area (Å²) >= 11 is 11.4. The van der Waals surface area contributed by atoms with Gasteiger partial charge in [0.15, 0.2) is 0 Å². The third-order valence-electron chi connectivity index (χ3n) is 2.84. The number of hydrogen-bond donors (Lipinski definition) is 1. The molecule has 0 amide bonds. The first-order valence-corrected chi connectivity index (χ1v) is 8.15. The van der Waals surface area contributed by atoms with Crippen LogP contribution in [-0.4, -0.2) is 18.1 Å². The zero-order chi connectivity index (χ0) is 15.4. The second-order valence-corrected chi connectivity index (χ2v) is 7.20. The molecule has 0 aliphatic carbocycles. The first kappa shape index (κ1) is 16.1. The molecule has 1 aromatic heterocycles. The highest BCUT2D eigenvalue weighted by Crippen LogP contribution is 2.29. The third kappa shape index (κ3) is 4.59. The quantitative estimate of drug-likeness (QED) is 0.743. The average Bonchev–Trinajstić information content (AvgIpc) is 2.81. The molecule has 3 nitrogen and oxygen atoms in total. The van der Waals surface area contributed by atoms with Crippen molar-refractivity contribution in [2.24, 2.45) is 0 Å². The molecule has 1 aromatic carbocycles. The Morgan fingerprint density at radius 2 is 2.24 bits per heavy atom. The molecule has 0 aliphatic heterocycles. The molecule has 2 rings (SSSR count). The summed E-state index contributed by atoms with van der Waals surface area (Å²) in [4.78, 5) is 12.6. The maximum Gasteiger partial charge on any atom is 0.328 e. The van der Waals surface area contributed by atoms with Crippen LogP contribution in [0.25, 0.3) is 6.08 Å². The van der Waals surface area contributed by atoms with Crippen LogP contribution in [0.1, 0.15) is 11.1 Å². The lowest BCUT2D eigenvalue weighted by atomic mass is 10.1. The number of halogens is 2. The van der Waals surface area contributed by atoms with Crippen molar-refractivity contribution in [3.8, 4) is 0 Å². The van der Waals surface area contributed by atoms with Gasteiger partial charge in [-0.2, -0.15) is 0 Å². The van der Waals surface area contributed by atoms with Crippen molar-refractivity contribution >= 4 is 56.6 Å². The summed E-state index contributed by atoms with van der Waals surface area (Å²) in [5.74, 6) is -0.977. The monoisotopic (exact) mass is 385 g/mol. The number of anilines is 1. The highest BCUT2D eigenvalue weighted by molar-refractivity contribution is 9.11. The fourth-order valence-electron chi connectivity index (χ4n) is 1.89. The molecule has 0 unspecified atom stereocenters. The number of carbonyl (C=O) groups is 1. The topological polar surface area (TPSA) is 40.5 Å². The van der Waals surface area contributed by atoms with Gasteiger partial charge in [0.25, 0.3) is 0 Å². The van der Waals surface area contributed by atoms with Gasteiger partial charge in [-0.15, -0.1) is 11.3 Å². The van der Waals surface area contributed by atoms with Crippen molar-refractivity contribution in [1.82, 2.24) is 0 Å². The summed E-state index contributed by atoms with van der Waals surface area (Å²) in [7, 11) is 1.97. The Kier molecular flexibility index (Phi) is 5.45. The van der Waals surface area contributed by atoms with Crippen molar-refractivity contribution in [3.63, 3.8) is 0 Å². The van der Waals surface area contributed by atoms with E-state index in [2.05, 4.69) is 32.3 Å². The van der Waals surface area contributed by atoms with E-state index in [0.717, 1.165) is 27.7 Å². The number of aliphatic carboxylic acids is 1. The molecule has 0 atom stereocenters. The number of thiophene rings is 1. The smallest absolute Gasteiger partial charge is 0.328 e. The van der Waals surface area contributed by atoms with E-state index in [-0.39, 0.29) is 0 Å². The van der Waals surface area contributed by atoms with Crippen LogP contribution in [0, 0.1) is 0 Å². The Hall–Kier alpha value is -1.30. The van der Waals surface area contributed by atoms with E-state index >= 15 is 0 Å². The zero-order valence-corrected chi connectivity index (χ0v) is 14.4. The number of carboxylic acid groups (broad SMARTS) is 1. The number of rotatable bonds is 5. The van der Waals surface area contributed by atoms with Crippen molar-refractivity contribution in [2.75, 3.05) is 11.9 Å². The van der Waals surface area contributed by atoms with Gasteiger partial charge in [0, 0.05) is 19.7 Å². The highest BCUT2D eigenvalue weighted by Gasteiger charge is 2.08. The van der Waals surface area contributed by atoms with Gasteiger partial charge in [-0.3, -0.25) is 0 Å². The number of benzene rings is 1. The van der Waals surface area contributed by atoms with Gasteiger partial charge in [-0.25, -0.2) is 4.79 Å². The molecule has 21 heavy (non-hydrogen) atoms. The maximum absolute atomic E-state index is 10.5. The predicted octanol–water partition coefficient (Wildman–Crippen LogP) is 4.90. The molecule has 0 spiro atoms. The van der Waals surface area contributed by atoms with Crippen LogP contribution < -0.4 is 4.90 Å². The van der Waals surface area contributed by atoms with E-state index in [9.17, 15) is 4.79 Å². The predicted molar refractivity (Wildman–Crippen MR) is 92.2 cm³/mol. The molecule has 6 heteroatoms. The van der Waals surface area contributed by atoms with Crippen LogP contribution in [0.5, 0.6) is 0 Å². The third-order valence-corrected chi connectivity index (χ3v) is 4.70. The summed E-state index contributed by atoms with van der Waals surface area (Å²) in [6.07, 6.45) is 2.62. The molecule has 0 saturated heterocycles. The Labute approximate surface area is 140 Å². The number of hydrogen-bond acceptors (Lipinski definition) is 3. The highest BCUT2D eigenvalue weighted by atomic mass is 79.9. The second-order valence-electron chi connectivity index (χ2n) is 4.50. The summed E-state index contributed by atoms with van der Waals surface area (Å²) < 4.78 is 1.10. The number of nitrogens with zero attached hydrogens (tertiary/aromatic N) is 1. The molecular weight excluding hydrogens is 374 g/mol. The summed E-state index contributed by atoms with van der Waals surface area (Å²) in [6, 6.07) is 7.58. The van der Waals surface area contributed by atoms with Gasteiger partial charge >= 0.3 is 5.97 Å². The summed E-state index contributed by atoms with van der Waals surface area (Å²) in [5.41, 5.74) is 2.88. The van der Waals surface area contributed by atoms with Crippen LogP contribution in [0.3, 0.4) is 0 Å². The Morgan fingerprint density at radius 3 is 2.81 bits per heavy atom. The van der Waals surface area contributed by atoms with Crippen LogP contribution in [-0.2, 0) is 11.3 Å². The van der Waals surface area contributed by atoms with E-state index in [1.165, 1.54) is 11.6 Å². The van der Waals surface area contributed by atoms with E-state index < -0.39 is 5.97 Å². The fourth-order valence-corrected chi connectivity index (χ4v) is 3.43. The molecule has 2 aromatic rings. The van der Waals surface area contributed by atoms with Crippen LogP contribution >= 0.6 is 38.9 Å². The second kappa shape index (κ2) is 7.11. The lowest BCUT2D eigenvalue weighted by Gasteiger charge is -2.20. The van der Waals surface area contributed by atoms with Crippen LogP contribution in [0.15, 0.2) is 39.5 Å². The molecule has 1 heterocycles. The molecule has 110 valence electrons. The Bertz CT molecular complexity index is 684. The van der Waals surface area contributed by atoms with Gasteiger partial charge in [-0.1, -0.05) is 17.7 Å². The van der Waals surface area contributed by atoms with Gasteiger partial charge in [0.1, 0.15) is 0 Å². The molecule has 0 aliphatic rings. The normalized spacial score (nSPS) is 11.0. The van der Waals surface area contributed by atoms with E-state index in [0.29, 0.717) is 5.02 Å². The van der Waals surface area contributed by atoms with Crippen molar-refractivity contribution < 1.29 is 9.90 Å². The molecule has 0 fully saturated rings. The lowest BCUT2D eigenvalue weighted by molar-refractivity contribution is -0.131. The standard InChI is InChI=1S/C15H13BrClNO2S/c1-18(8-11-7-14(16)21-9-11)13-4-2-10(6-12(13)17)3-5-15(19)20/h2-7,9H,8H2,1H3,(H,19,20)/b5-3+.